The van der Waals surface area contributed by atoms with Crippen molar-refractivity contribution in [1.82, 2.24) is 59.5 Å². The molecule has 0 radical (unpaired) electrons. The van der Waals surface area contributed by atoms with E-state index in [0.29, 0.717) is 103 Å². The number of anilines is 4. The Bertz CT molecular complexity index is 4430. The maximum absolute atomic E-state index is 12.3. The molecule has 0 spiro atoms. The lowest BCUT2D eigenvalue weighted by Crippen LogP contribution is -2.46. The zero-order valence-electron chi connectivity index (χ0n) is 64.0. The van der Waals surface area contributed by atoms with Gasteiger partial charge < -0.3 is 44.9 Å². The SMILES string of the molecule is C.C.C.CC1CC(CC2CCN(C)C2=O)CN(c2ccc(C#N)c3nccnc23)C1.CC1CC(CC2CCN(C)C2=O)CN(c2ccc(C#N)c3nccnc23)C1.CC1CC(CC2CCN(C)C2=O)CN(c2ccc(C#N)c3nccnc23)C1.CC1CC(N)CN(c2ccc(C#N)c3nccnc23)C1.CN1CCC(Br)C1=O. The summed E-state index contributed by atoms with van der Waals surface area (Å²) < 4.78 is 0. The van der Waals surface area contributed by atoms with Gasteiger partial charge in [0.2, 0.25) is 23.6 Å². The van der Waals surface area contributed by atoms with Gasteiger partial charge in [0, 0.05) is 180 Å². The summed E-state index contributed by atoms with van der Waals surface area (Å²) >= 11 is 3.25. The lowest BCUT2D eigenvalue weighted by molar-refractivity contribution is -0.131. The monoisotopic (exact) mass is 1580 g/mol. The fourth-order valence-electron chi connectivity index (χ4n) is 18.0. The number of nitrogens with zero attached hydrogens (tertiary/aromatic N) is 20. The molecule has 8 aromatic rings. The summed E-state index contributed by atoms with van der Waals surface area (Å²) in [5.41, 5.74) is 18.3. The maximum Gasteiger partial charge on any atom is 0.236 e. The largest absolute Gasteiger partial charge is 0.369 e. The van der Waals surface area contributed by atoms with Gasteiger partial charge in [-0.2, -0.15) is 21.0 Å². The van der Waals surface area contributed by atoms with Crippen molar-refractivity contribution >= 4 is 106 Å². The van der Waals surface area contributed by atoms with Crippen LogP contribution in [0.2, 0.25) is 0 Å². The summed E-state index contributed by atoms with van der Waals surface area (Å²) in [4.78, 5) is 100.0. The zero-order valence-corrected chi connectivity index (χ0v) is 65.5. The van der Waals surface area contributed by atoms with E-state index in [9.17, 15) is 35.0 Å². The molecule has 8 aliphatic rings. The van der Waals surface area contributed by atoms with Crippen molar-refractivity contribution in [3.05, 3.63) is 120 Å². The van der Waals surface area contributed by atoms with E-state index in [1.165, 1.54) is 0 Å². The van der Waals surface area contributed by atoms with E-state index >= 15 is 0 Å². The van der Waals surface area contributed by atoms with Crippen LogP contribution in [0.4, 0.5) is 22.7 Å². The minimum atomic E-state index is 0. The third-order valence-corrected chi connectivity index (χ3v) is 23.9. The van der Waals surface area contributed by atoms with Crippen molar-refractivity contribution in [3.63, 3.8) is 0 Å². The highest BCUT2D eigenvalue weighted by Gasteiger charge is 2.39. The number of piperidine rings is 4. The van der Waals surface area contributed by atoms with Crippen molar-refractivity contribution in [2.45, 2.75) is 131 Å². The van der Waals surface area contributed by atoms with Gasteiger partial charge in [-0.15, -0.1) is 0 Å². The molecule has 8 fully saturated rings. The van der Waals surface area contributed by atoms with E-state index in [-0.39, 0.29) is 56.8 Å². The molecule has 0 bridgehead atoms. The molecule has 25 nitrogen and oxygen atoms in total. The normalized spacial score (nSPS) is 24.8. The fourth-order valence-corrected chi connectivity index (χ4v) is 18.6. The van der Waals surface area contributed by atoms with Crippen LogP contribution < -0.4 is 25.3 Å². The molecule has 4 aromatic heterocycles. The number of nitrogens with two attached hydrogens (primary N) is 1. The van der Waals surface area contributed by atoms with Gasteiger partial charge in [-0.1, -0.05) is 65.9 Å². The van der Waals surface area contributed by atoms with Gasteiger partial charge in [0.25, 0.3) is 0 Å². The average Bonchev–Trinajstić information content (AvgIpc) is 1.14. The lowest BCUT2D eigenvalue weighted by atomic mass is 9.83. The first-order valence-corrected chi connectivity index (χ1v) is 39.5. The number of rotatable bonds is 10. The van der Waals surface area contributed by atoms with Crippen LogP contribution >= 0.6 is 15.9 Å². The highest BCUT2D eigenvalue weighted by molar-refractivity contribution is 9.10. The first-order chi connectivity index (χ1) is 52.6. The Labute approximate surface area is 669 Å². The minimum Gasteiger partial charge on any atom is -0.369 e. The number of aromatic nitrogens is 8. The quantitative estimate of drug-likeness (QED) is 0.124. The third-order valence-electron chi connectivity index (χ3n) is 23.0. The molecule has 8 saturated heterocycles. The van der Waals surface area contributed by atoms with E-state index in [1.54, 1.807) is 54.5 Å². The number of hydrogen-bond acceptors (Lipinski definition) is 21. The topological polar surface area (TPSA) is 318 Å². The van der Waals surface area contributed by atoms with Gasteiger partial charge in [-0.25, -0.2) is 0 Å². The number of nitriles is 4. The number of hydrogen-bond donors (Lipinski definition) is 1. The molecule has 26 heteroatoms. The number of halogens is 1. The molecular weight excluding hydrogens is 1470 g/mol. The van der Waals surface area contributed by atoms with Crippen molar-refractivity contribution in [2.24, 2.45) is 64.9 Å². The smallest absolute Gasteiger partial charge is 0.236 e. The Morgan fingerprint density at radius 2 is 0.598 bits per heavy atom. The second-order valence-corrected chi connectivity index (χ2v) is 32.9. The van der Waals surface area contributed by atoms with E-state index in [2.05, 4.69) is 127 Å². The maximum atomic E-state index is 12.3. The van der Waals surface area contributed by atoms with Crippen LogP contribution in [-0.2, 0) is 19.2 Å². The lowest BCUT2D eigenvalue weighted by Gasteiger charge is -2.39. The number of benzene rings is 4. The summed E-state index contributed by atoms with van der Waals surface area (Å²) in [5.74, 6) is 5.34. The predicted octanol–water partition coefficient (Wildman–Crippen LogP) is 12.7. The molecule has 8 aliphatic heterocycles. The summed E-state index contributed by atoms with van der Waals surface area (Å²) in [6.45, 7) is 20.0. The summed E-state index contributed by atoms with van der Waals surface area (Å²) in [5, 5.41) is 37.2. The number of amides is 4. The third kappa shape index (κ3) is 19.8. The standard InChI is InChI=1S/3C21H25N5O.C15H17N5.C5H8BrNO.3CH4/c3*1-14-9-15(10-16-5-8-25(2)21(16)27)13-26(12-14)18-4-3-17(11-22)19-20(18)24-7-6-23-19;1-10-6-12(17)9-20(8-10)13-3-2-11(7-16)14-15(13)19-5-4-18-14;1-7-3-2-4(6)5(7)8;;;/h3*3-4,6-7,14-16H,5,8-10,12-13H2,1-2H3;2-5,10,12H,6,8-9,17H2,1H3;4H,2-3H2,1H3;3*1H4. The summed E-state index contributed by atoms with van der Waals surface area (Å²) in [6.07, 6.45) is 24.5. The van der Waals surface area contributed by atoms with Gasteiger partial charge >= 0.3 is 0 Å². The number of fused-ring (bicyclic) bond motifs is 4. The van der Waals surface area contributed by atoms with Gasteiger partial charge in [0.05, 0.1) is 49.8 Å². The molecule has 12 atom stereocenters. The van der Waals surface area contributed by atoms with Crippen molar-refractivity contribution in [3.8, 4) is 24.3 Å². The van der Waals surface area contributed by atoms with E-state index in [4.69, 9.17) is 11.0 Å². The van der Waals surface area contributed by atoms with Crippen LogP contribution in [0.15, 0.2) is 98.1 Å². The van der Waals surface area contributed by atoms with Gasteiger partial charge in [-0.05, 0) is 161 Å². The predicted molar refractivity (Wildman–Crippen MR) is 446 cm³/mol. The van der Waals surface area contributed by atoms with Crippen LogP contribution in [0.1, 0.15) is 143 Å². The van der Waals surface area contributed by atoms with Crippen molar-refractivity contribution in [2.75, 3.05) is 126 Å². The Kier molecular flexibility index (Phi) is 29.7. The van der Waals surface area contributed by atoms with Crippen LogP contribution in [0, 0.1) is 105 Å². The molecule has 4 aromatic carbocycles. The Morgan fingerprint density at radius 3 is 0.812 bits per heavy atom. The Morgan fingerprint density at radius 1 is 0.357 bits per heavy atom. The first kappa shape index (κ1) is 85.7. The second kappa shape index (κ2) is 38.8. The molecule has 112 heavy (non-hydrogen) atoms. The van der Waals surface area contributed by atoms with Crippen LogP contribution in [-0.4, -0.2) is 201 Å². The second-order valence-electron chi connectivity index (χ2n) is 31.8. The van der Waals surface area contributed by atoms with Gasteiger partial charge in [0.1, 0.15) is 68.4 Å². The first-order valence-electron chi connectivity index (χ1n) is 38.5. The molecular formula is C86H112BrN21O4. The van der Waals surface area contributed by atoms with E-state index < -0.39 is 0 Å². The average molecular weight is 1580 g/mol. The van der Waals surface area contributed by atoms with Crippen LogP contribution in [0.5, 0.6) is 0 Å². The fraction of sp³-hybridized carbons (Fsp3) is 0.535. The summed E-state index contributed by atoms with van der Waals surface area (Å²) in [6, 6.07) is 24.3. The molecule has 0 aliphatic carbocycles. The highest BCUT2D eigenvalue weighted by Crippen LogP contribution is 2.40. The molecule has 4 amide bonds. The van der Waals surface area contributed by atoms with Crippen molar-refractivity contribution in [1.29, 1.82) is 21.0 Å². The van der Waals surface area contributed by atoms with E-state index in [0.717, 1.165) is 194 Å². The molecule has 592 valence electrons. The zero-order chi connectivity index (χ0) is 77.2. The van der Waals surface area contributed by atoms with Crippen LogP contribution in [0.25, 0.3) is 44.1 Å². The van der Waals surface area contributed by atoms with Gasteiger partial charge in [-0.3, -0.25) is 59.0 Å². The molecule has 12 unspecified atom stereocenters. The molecule has 12 heterocycles. The van der Waals surface area contributed by atoms with Gasteiger partial charge in [0.15, 0.2) is 0 Å². The minimum absolute atomic E-state index is 0. The molecule has 2 N–H and O–H groups in total. The number of likely N-dealkylation sites (tertiary alicyclic amines) is 4. The number of carbonyl (C=O) groups excluding carboxylic acids is 4. The Balaban J connectivity index is 0.000000165. The molecule has 0 saturated carbocycles. The summed E-state index contributed by atoms with van der Waals surface area (Å²) in [7, 11) is 7.53. The Hall–Kier alpha value is -10.3. The van der Waals surface area contributed by atoms with Crippen molar-refractivity contribution < 1.29 is 19.2 Å². The van der Waals surface area contributed by atoms with Crippen LogP contribution in [0.3, 0.4) is 0 Å². The van der Waals surface area contributed by atoms with E-state index in [1.807, 2.05) is 91.4 Å². The molecule has 16 rings (SSSR count). The number of carbonyl (C=O) groups is 4. The highest BCUT2D eigenvalue weighted by atomic mass is 79.9. The number of alkyl halides is 1.